The van der Waals surface area contributed by atoms with Crippen LogP contribution in [0.3, 0.4) is 0 Å². The number of thiophene rings is 1. The molecule has 12 rings (SSSR count). The summed E-state index contributed by atoms with van der Waals surface area (Å²) >= 11 is 1.94. The highest BCUT2D eigenvalue weighted by Gasteiger charge is 2.52. The van der Waals surface area contributed by atoms with Crippen molar-refractivity contribution >= 4 is 31.5 Å². The molecule has 0 bridgehead atoms. The summed E-state index contributed by atoms with van der Waals surface area (Å²) in [6, 6.07) is 76.8. The van der Waals surface area contributed by atoms with Gasteiger partial charge in [0.2, 0.25) is 0 Å². The molecule has 0 radical (unpaired) electrons. The molecule has 0 N–H and O–H groups in total. The van der Waals surface area contributed by atoms with E-state index in [-0.39, 0.29) is 0 Å². The van der Waals surface area contributed by atoms with Gasteiger partial charge < -0.3 is 0 Å². The second-order valence-electron chi connectivity index (χ2n) is 15.1. The third-order valence-corrected chi connectivity index (χ3v) is 13.5. The van der Waals surface area contributed by atoms with E-state index in [9.17, 15) is 0 Å². The molecule has 9 aromatic carbocycles. The second kappa shape index (κ2) is 12.1. The lowest BCUT2D eigenvalue weighted by atomic mass is 9.69. The molecule has 1 heteroatoms. The van der Waals surface area contributed by atoms with E-state index in [1.54, 1.807) is 0 Å². The van der Waals surface area contributed by atoms with Crippen LogP contribution in [0.4, 0.5) is 0 Å². The van der Waals surface area contributed by atoms with E-state index >= 15 is 0 Å². The van der Waals surface area contributed by atoms with E-state index in [1.165, 1.54) is 109 Å². The average Bonchev–Trinajstić information content (AvgIpc) is 3.91. The zero-order valence-electron chi connectivity index (χ0n) is 30.5. The van der Waals surface area contributed by atoms with Crippen molar-refractivity contribution in [3.63, 3.8) is 0 Å². The van der Waals surface area contributed by atoms with Crippen molar-refractivity contribution in [3.8, 4) is 66.8 Å². The summed E-state index contributed by atoms with van der Waals surface area (Å²) in [7, 11) is 0. The fourth-order valence-corrected chi connectivity index (χ4v) is 11.2. The maximum Gasteiger partial charge on any atom is 0.0726 e. The Balaban J connectivity index is 1.15. The van der Waals surface area contributed by atoms with Gasteiger partial charge in [0.25, 0.3) is 0 Å². The van der Waals surface area contributed by atoms with Crippen LogP contribution in [0, 0.1) is 0 Å². The quantitative estimate of drug-likeness (QED) is 0.169. The largest absolute Gasteiger partial charge is 0.134 e. The Morgan fingerprint density at radius 1 is 0.304 bits per heavy atom. The van der Waals surface area contributed by atoms with Crippen molar-refractivity contribution < 1.29 is 0 Å². The first-order valence-corrected chi connectivity index (χ1v) is 20.2. The van der Waals surface area contributed by atoms with Gasteiger partial charge in [-0.05, 0) is 102 Å². The van der Waals surface area contributed by atoms with Crippen LogP contribution >= 0.6 is 11.3 Å². The minimum Gasteiger partial charge on any atom is -0.134 e. The topological polar surface area (TPSA) is 0 Å². The van der Waals surface area contributed by atoms with Gasteiger partial charge in [0.05, 0.1) is 5.41 Å². The molecule has 56 heavy (non-hydrogen) atoms. The van der Waals surface area contributed by atoms with Gasteiger partial charge in [0.15, 0.2) is 0 Å². The molecule has 10 aromatic rings. The van der Waals surface area contributed by atoms with Crippen LogP contribution < -0.4 is 0 Å². The summed E-state index contributed by atoms with van der Waals surface area (Å²) < 4.78 is 2.69. The lowest BCUT2D eigenvalue weighted by Crippen LogP contribution is -2.26. The number of rotatable bonds is 4. The van der Waals surface area contributed by atoms with Crippen LogP contribution in [0.15, 0.2) is 206 Å². The predicted octanol–water partition coefficient (Wildman–Crippen LogP) is 15.1. The molecule has 1 spiro atoms. The van der Waals surface area contributed by atoms with Crippen molar-refractivity contribution in [1.82, 2.24) is 0 Å². The fraction of sp³-hybridized carbons (Fsp3) is 0.0182. The molecule has 0 nitrogen and oxygen atoms in total. The van der Waals surface area contributed by atoms with Crippen LogP contribution in [-0.2, 0) is 5.41 Å². The smallest absolute Gasteiger partial charge is 0.0726 e. The Morgan fingerprint density at radius 2 is 0.786 bits per heavy atom. The number of benzene rings is 9. The van der Waals surface area contributed by atoms with Gasteiger partial charge in [0.1, 0.15) is 0 Å². The highest BCUT2D eigenvalue weighted by atomic mass is 32.1. The molecule has 2 aliphatic carbocycles. The molecule has 0 saturated carbocycles. The van der Waals surface area contributed by atoms with Gasteiger partial charge in [-0.1, -0.05) is 188 Å². The molecule has 1 heterocycles. The van der Waals surface area contributed by atoms with Crippen molar-refractivity contribution in [2.24, 2.45) is 0 Å². The summed E-state index contributed by atoms with van der Waals surface area (Å²) in [6.07, 6.45) is 0. The summed E-state index contributed by atoms with van der Waals surface area (Å²) in [5, 5.41) is 2.67. The molecule has 0 atom stereocenters. The molecule has 1 aromatic heterocycles. The first kappa shape index (κ1) is 31.5. The number of fused-ring (bicyclic) bond motifs is 14. The summed E-state index contributed by atoms with van der Waals surface area (Å²) in [5.74, 6) is 0. The first-order valence-electron chi connectivity index (χ1n) is 19.4. The normalized spacial score (nSPS) is 13.1. The van der Waals surface area contributed by atoms with E-state index < -0.39 is 5.41 Å². The molecule has 0 aliphatic heterocycles. The lowest BCUT2D eigenvalue weighted by molar-refractivity contribution is 0.795. The van der Waals surface area contributed by atoms with Crippen molar-refractivity contribution in [3.05, 3.63) is 229 Å². The van der Waals surface area contributed by atoms with Gasteiger partial charge >= 0.3 is 0 Å². The van der Waals surface area contributed by atoms with Gasteiger partial charge in [-0.2, -0.15) is 0 Å². The van der Waals surface area contributed by atoms with Gasteiger partial charge in [0, 0.05) is 25.7 Å². The number of hydrogen-bond donors (Lipinski definition) is 0. The van der Waals surface area contributed by atoms with Crippen LogP contribution in [0.25, 0.3) is 86.9 Å². The van der Waals surface area contributed by atoms with Crippen molar-refractivity contribution in [1.29, 1.82) is 0 Å². The van der Waals surface area contributed by atoms with Gasteiger partial charge in [-0.15, -0.1) is 11.3 Å². The summed E-state index contributed by atoms with van der Waals surface area (Å²) in [4.78, 5) is 0. The first-order chi connectivity index (χ1) is 27.8. The Labute approximate surface area is 330 Å². The molecule has 2 aliphatic rings. The Hall–Kier alpha value is -6.80. The lowest BCUT2D eigenvalue weighted by Gasteiger charge is -2.31. The maximum absolute atomic E-state index is 2.57. The highest BCUT2D eigenvalue weighted by molar-refractivity contribution is 7.26. The molecule has 260 valence electrons. The Morgan fingerprint density at radius 3 is 1.41 bits per heavy atom. The summed E-state index contributed by atoms with van der Waals surface area (Å²) in [5.41, 5.74) is 20.3. The highest BCUT2D eigenvalue weighted by Crippen LogP contribution is 2.65. The Kier molecular flexibility index (Phi) is 6.82. The third kappa shape index (κ3) is 4.41. The zero-order valence-corrected chi connectivity index (χ0v) is 31.4. The monoisotopic (exact) mass is 726 g/mol. The van der Waals surface area contributed by atoms with Crippen molar-refractivity contribution in [2.45, 2.75) is 5.41 Å². The third-order valence-electron chi connectivity index (χ3n) is 12.3. The van der Waals surface area contributed by atoms with Gasteiger partial charge in [-0.3, -0.25) is 0 Å². The van der Waals surface area contributed by atoms with Crippen LogP contribution in [0.1, 0.15) is 22.3 Å². The molecule has 0 unspecified atom stereocenters. The predicted molar refractivity (Wildman–Crippen MR) is 237 cm³/mol. The molecule has 0 fully saturated rings. The second-order valence-corrected chi connectivity index (χ2v) is 16.2. The average molecular weight is 727 g/mol. The van der Waals surface area contributed by atoms with Crippen LogP contribution in [0.5, 0.6) is 0 Å². The molecule has 0 amide bonds. The molecular weight excluding hydrogens is 693 g/mol. The molecular formula is C55H34S. The van der Waals surface area contributed by atoms with Crippen LogP contribution in [0.2, 0.25) is 0 Å². The standard InChI is InChI=1S/C55H34S/c1-3-13-35(14-4-1)37-23-25-39(26-24-37)41-31-32-44-49(33-41)55(47-20-10-7-17-42(47)43-18-8-11-21-48(43)55)50-34-46(40-29-27-38(28-30-40)36-15-5-2-6-16-36)52-45-19-9-12-22-51(45)56-54(52)53(44)50/h1-34H. The zero-order chi connectivity index (χ0) is 36.8. The van der Waals surface area contributed by atoms with Crippen LogP contribution in [-0.4, -0.2) is 0 Å². The van der Waals surface area contributed by atoms with E-state index in [0.29, 0.717) is 0 Å². The Bertz CT molecular complexity index is 3100. The van der Waals surface area contributed by atoms with E-state index in [4.69, 9.17) is 0 Å². The minimum atomic E-state index is -0.471. The van der Waals surface area contributed by atoms with E-state index in [2.05, 4.69) is 206 Å². The minimum absolute atomic E-state index is 0.471. The van der Waals surface area contributed by atoms with Gasteiger partial charge in [-0.25, -0.2) is 0 Å². The van der Waals surface area contributed by atoms with E-state index in [1.807, 2.05) is 11.3 Å². The SMILES string of the molecule is c1ccc(-c2ccc(-c3ccc4c(c3)C3(c5ccccc5-c5ccccc53)c3cc(-c5ccc(-c6ccccc6)cc5)c5c(sc6ccccc65)c3-4)cc2)cc1. The fourth-order valence-electron chi connectivity index (χ4n) is 9.86. The summed E-state index contributed by atoms with van der Waals surface area (Å²) in [6.45, 7) is 0. The van der Waals surface area contributed by atoms with Crippen molar-refractivity contribution in [2.75, 3.05) is 0 Å². The van der Waals surface area contributed by atoms with E-state index in [0.717, 1.165) is 0 Å². The maximum atomic E-state index is 2.57. The molecule has 0 saturated heterocycles. The number of hydrogen-bond acceptors (Lipinski definition) is 1.